The number of likely N-dealkylation sites (tertiary alicyclic amines) is 1. The molecule has 9 heteroatoms. The summed E-state index contributed by atoms with van der Waals surface area (Å²) in [5.74, 6) is -0.421. The summed E-state index contributed by atoms with van der Waals surface area (Å²) in [4.78, 5) is 14.7. The lowest BCUT2D eigenvalue weighted by molar-refractivity contribution is -0.143. The normalized spacial score (nSPS) is 16.1. The molecule has 0 aromatic heterocycles. The fraction of sp³-hybridized carbons (Fsp3) is 0.611. The second-order valence-electron chi connectivity index (χ2n) is 6.83. The number of carbonyl (C=O) groups excluding carboxylic acids is 1. The van der Waals surface area contributed by atoms with E-state index in [2.05, 4.69) is 4.72 Å². The number of halogens is 2. The number of hydrogen-bond donors (Lipinski definition) is 2. The minimum absolute atomic E-state index is 0. The molecule has 1 saturated heterocycles. The van der Waals surface area contributed by atoms with Gasteiger partial charge in [-0.2, -0.15) is 0 Å². The van der Waals surface area contributed by atoms with Crippen molar-refractivity contribution in [1.82, 2.24) is 9.62 Å². The van der Waals surface area contributed by atoms with Crippen molar-refractivity contribution in [2.24, 2.45) is 11.1 Å². The standard InChI is InChI=1S/C18H28FN3O3S.ClH/c1-3-18(4-2,13-20)17(23)22-11-9-15(10-12-22)21-26(24,25)16-7-5-14(19)6-8-16;/h5-8,15,21H,3-4,9-13,20H2,1-2H3;1H. The van der Waals surface area contributed by atoms with E-state index in [0.29, 0.717) is 45.3 Å². The van der Waals surface area contributed by atoms with Gasteiger partial charge in [0.25, 0.3) is 0 Å². The monoisotopic (exact) mass is 421 g/mol. The van der Waals surface area contributed by atoms with Crippen LogP contribution in [0.1, 0.15) is 39.5 Å². The van der Waals surface area contributed by atoms with Crippen molar-refractivity contribution in [3.63, 3.8) is 0 Å². The fourth-order valence-corrected chi connectivity index (χ4v) is 4.67. The molecule has 3 N–H and O–H groups in total. The Morgan fingerprint density at radius 2 is 1.74 bits per heavy atom. The maximum atomic E-state index is 13.0. The van der Waals surface area contributed by atoms with Crippen LogP contribution in [-0.4, -0.2) is 44.9 Å². The van der Waals surface area contributed by atoms with E-state index < -0.39 is 21.3 Å². The largest absolute Gasteiger partial charge is 0.342 e. The number of nitrogens with zero attached hydrogens (tertiary/aromatic N) is 1. The zero-order valence-corrected chi connectivity index (χ0v) is 17.4. The highest BCUT2D eigenvalue weighted by molar-refractivity contribution is 7.89. The highest BCUT2D eigenvalue weighted by Gasteiger charge is 2.38. The highest BCUT2D eigenvalue weighted by atomic mass is 35.5. The van der Waals surface area contributed by atoms with Crippen molar-refractivity contribution in [2.75, 3.05) is 19.6 Å². The molecule has 1 fully saturated rings. The second-order valence-corrected chi connectivity index (χ2v) is 8.55. The Morgan fingerprint density at radius 3 is 2.19 bits per heavy atom. The Bertz CT molecular complexity index is 708. The molecular formula is C18H29ClFN3O3S. The quantitative estimate of drug-likeness (QED) is 0.706. The van der Waals surface area contributed by atoms with Gasteiger partial charge in [0.05, 0.1) is 10.3 Å². The zero-order chi connectivity index (χ0) is 19.4. The summed E-state index contributed by atoms with van der Waals surface area (Å²) in [5.41, 5.74) is 5.33. The van der Waals surface area contributed by atoms with Crippen LogP contribution in [0.2, 0.25) is 0 Å². The summed E-state index contributed by atoms with van der Waals surface area (Å²) in [6.07, 6.45) is 2.46. The predicted molar refractivity (Wildman–Crippen MR) is 106 cm³/mol. The number of nitrogens with one attached hydrogen (secondary N) is 1. The molecule has 1 amide bonds. The number of amides is 1. The van der Waals surface area contributed by atoms with E-state index in [0.717, 1.165) is 12.1 Å². The van der Waals surface area contributed by atoms with E-state index in [1.165, 1.54) is 12.1 Å². The molecule has 1 aromatic rings. The third kappa shape index (κ3) is 5.40. The number of rotatable bonds is 7. The van der Waals surface area contributed by atoms with Crippen LogP contribution in [0.5, 0.6) is 0 Å². The Morgan fingerprint density at radius 1 is 1.22 bits per heavy atom. The summed E-state index contributed by atoms with van der Waals surface area (Å²) < 4.78 is 40.4. The van der Waals surface area contributed by atoms with Gasteiger partial charge in [0, 0.05) is 25.7 Å². The molecule has 154 valence electrons. The van der Waals surface area contributed by atoms with Crippen molar-refractivity contribution in [2.45, 2.75) is 50.5 Å². The third-order valence-electron chi connectivity index (χ3n) is 5.43. The van der Waals surface area contributed by atoms with Gasteiger partial charge in [-0.1, -0.05) is 13.8 Å². The van der Waals surface area contributed by atoms with Crippen LogP contribution in [0, 0.1) is 11.2 Å². The summed E-state index contributed by atoms with van der Waals surface area (Å²) >= 11 is 0. The number of piperidine rings is 1. The average molecular weight is 422 g/mol. The van der Waals surface area contributed by atoms with Gasteiger partial charge < -0.3 is 10.6 Å². The molecule has 6 nitrogen and oxygen atoms in total. The van der Waals surface area contributed by atoms with Gasteiger partial charge >= 0.3 is 0 Å². The highest BCUT2D eigenvalue weighted by Crippen LogP contribution is 2.29. The Hall–Kier alpha value is -1.22. The van der Waals surface area contributed by atoms with Crippen LogP contribution in [0.3, 0.4) is 0 Å². The summed E-state index contributed by atoms with van der Waals surface area (Å²) in [7, 11) is -3.70. The van der Waals surface area contributed by atoms with Gasteiger partial charge in [-0.25, -0.2) is 17.5 Å². The van der Waals surface area contributed by atoms with E-state index >= 15 is 0 Å². The topological polar surface area (TPSA) is 92.5 Å². The van der Waals surface area contributed by atoms with Crippen LogP contribution in [0.4, 0.5) is 4.39 Å². The lowest BCUT2D eigenvalue weighted by Gasteiger charge is -2.39. The predicted octanol–water partition coefficient (Wildman–Crippen LogP) is 2.28. The first-order chi connectivity index (χ1) is 12.3. The minimum Gasteiger partial charge on any atom is -0.342 e. The van der Waals surface area contributed by atoms with Crippen molar-refractivity contribution in [3.8, 4) is 0 Å². The Balaban J connectivity index is 0.00000364. The SMILES string of the molecule is CCC(CC)(CN)C(=O)N1CCC(NS(=O)(=O)c2ccc(F)cc2)CC1.Cl. The molecule has 27 heavy (non-hydrogen) atoms. The molecule has 0 aliphatic carbocycles. The molecule has 1 heterocycles. The van der Waals surface area contributed by atoms with Crippen molar-refractivity contribution < 1.29 is 17.6 Å². The second kappa shape index (κ2) is 9.82. The van der Waals surface area contributed by atoms with Gasteiger partial charge in [0.2, 0.25) is 15.9 Å². The van der Waals surface area contributed by atoms with E-state index in [1.807, 2.05) is 13.8 Å². The van der Waals surface area contributed by atoms with Gasteiger partial charge in [-0.15, -0.1) is 12.4 Å². The third-order valence-corrected chi connectivity index (χ3v) is 6.96. The summed E-state index contributed by atoms with van der Waals surface area (Å²) in [6, 6.07) is 4.49. The maximum Gasteiger partial charge on any atom is 0.240 e. The van der Waals surface area contributed by atoms with Gasteiger partial charge in [-0.05, 0) is 49.9 Å². The van der Waals surface area contributed by atoms with Gasteiger partial charge in [0.1, 0.15) is 5.82 Å². The molecule has 1 aliphatic heterocycles. The molecule has 0 atom stereocenters. The van der Waals surface area contributed by atoms with Crippen molar-refractivity contribution in [3.05, 3.63) is 30.1 Å². The molecule has 0 saturated carbocycles. The Labute approximate surface area is 167 Å². The molecule has 2 rings (SSSR count). The van der Waals surface area contributed by atoms with E-state index in [4.69, 9.17) is 5.73 Å². The first-order valence-corrected chi connectivity index (χ1v) is 10.5. The first kappa shape index (κ1) is 23.8. The molecule has 0 bridgehead atoms. The molecule has 1 aromatic carbocycles. The van der Waals surface area contributed by atoms with E-state index in [-0.39, 0.29) is 29.3 Å². The summed E-state index contributed by atoms with van der Waals surface area (Å²) in [6.45, 7) is 5.25. The lowest BCUT2D eigenvalue weighted by Crippen LogP contribution is -2.52. The molecule has 0 unspecified atom stereocenters. The molecule has 0 radical (unpaired) electrons. The van der Waals surface area contributed by atoms with Crippen LogP contribution < -0.4 is 10.5 Å². The smallest absolute Gasteiger partial charge is 0.240 e. The van der Waals surface area contributed by atoms with Crippen LogP contribution in [0.15, 0.2) is 29.2 Å². The Kier molecular flexibility index (Phi) is 8.66. The molecule has 0 spiro atoms. The first-order valence-electron chi connectivity index (χ1n) is 9.05. The van der Waals surface area contributed by atoms with Crippen LogP contribution in [-0.2, 0) is 14.8 Å². The lowest BCUT2D eigenvalue weighted by atomic mass is 9.80. The number of sulfonamides is 1. The number of nitrogens with two attached hydrogens (primary N) is 1. The average Bonchev–Trinajstić information content (AvgIpc) is 2.64. The van der Waals surface area contributed by atoms with E-state index in [1.54, 1.807) is 4.90 Å². The summed E-state index contributed by atoms with van der Waals surface area (Å²) in [5, 5.41) is 0. The molecular weight excluding hydrogens is 393 g/mol. The molecule has 1 aliphatic rings. The number of benzene rings is 1. The minimum atomic E-state index is -3.70. The van der Waals surface area contributed by atoms with E-state index in [9.17, 15) is 17.6 Å². The maximum absolute atomic E-state index is 13.0. The van der Waals surface area contributed by atoms with Crippen molar-refractivity contribution >= 4 is 28.3 Å². The van der Waals surface area contributed by atoms with Crippen LogP contribution >= 0.6 is 12.4 Å². The number of carbonyl (C=O) groups is 1. The fourth-order valence-electron chi connectivity index (χ4n) is 3.37. The van der Waals surface area contributed by atoms with Gasteiger partial charge in [-0.3, -0.25) is 4.79 Å². The number of hydrogen-bond acceptors (Lipinski definition) is 4. The van der Waals surface area contributed by atoms with Crippen molar-refractivity contribution in [1.29, 1.82) is 0 Å². The van der Waals surface area contributed by atoms with Crippen LogP contribution in [0.25, 0.3) is 0 Å². The zero-order valence-electron chi connectivity index (χ0n) is 15.8. The van der Waals surface area contributed by atoms with Gasteiger partial charge in [0.15, 0.2) is 0 Å².